The number of halogens is 1. The van der Waals surface area contributed by atoms with Crippen molar-refractivity contribution in [3.8, 4) is 0 Å². The Bertz CT molecular complexity index is 338. The second kappa shape index (κ2) is 3.89. The van der Waals surface area contributed by atoms with Crippen molar-refractivity contribution in [3.63, 3.8) is 0 Å². The SMILES string of the molecule is C=C(C)/C(=C\CF)n1ccc(N)n1. The van der Waals surface area contributed by atoms with E-state index < -0.39 is 6.67 Å². The molecule has 1 aromatic heterocycles. The smallest absolute Gasteiger partial charge is 0.145 e. The van der Waals surface area contributed by atoms with Gasteiger partial charge in [0.05, 0.1) is 5.70 Å². The highest BCUT2D eigenvalue weighted by Gasteiger charge is 2.02. The zero-order chi connectivity index (χ0) is 9.84. The predicted octanol–water partition coefficient (Wildman–Crippen LogP) is 1.85. The minimum atomic E-state index is -0.540. The van der Waals surface area contributed by atoms with Crippen LogP contribution in [0.3, 0.4) is 0 Å². The Hall–Kier alpha value is -1.58. The summed E-state index contributed by atoms with van der Waals surface area (Å²) >= 11 is 0. The first-order valence-electron chi connectivity index (χ1n) is 3.88. The molecule has 0 unspecified atom stereocenters. The number of hydrogen-bond donors (Lipinski definition) is 1. The Kier molecular flexibility index (Phi) is 2.84. The molecular weight excluding hydrogens is 169 g/mol. The van der Waals surface area contributed by atoms with Gasteiger partial charge in [0.2, 0.25) is 0 Å². The molecule has 3 nitrogen and oxygen atoms in total. The minimum absolute atomic E-state index is 0.408. The molecule has 1 rings (SSSR count). The zero-order valence-electron chi connectivity index (χ0n) is 7.50. The van der Waals surface area contributed by atoms with Crippen LogP contribution < -0.4 is 5.73 Å². The summed E-state index contributed by atoms with van der Waals surface area (Å²) in [6.07, 6.45) is 3.08. The van der Waals surface area contributed by atoms with Gasteiger partial charge in [-0.15, -0.1) is 0 Å². The Morgan fingerprint density at radius 3 is 2.92 bits per heavy atom. The van der Waals surface area contributed by atoms with E-state index in [1.54, 1.807) is 19.2 Å². The van der Waals surface area contributed by atoms with Crippen molar-refractivity contribution >= 4 is 11.5 Å². The molecule has 0 radical (unpaired) electrons. The molecule has 0 amide bonds. The topological polar surface area (TPSA) is 43.8 Å². The third kappa shape index (κ3) is 2.18. The van der Waals surface area contributed by atoms with E-state index in [-0.39, 0.29) is 0 Å². The van der Waals surface area contributed by atoms with Gasteiger partial charge in [-0.2, -0.15) is 5.10 Å². The standard InChI is InChI=1S/C9H12FN3/c1-7(2)8(3-5-10)13-6-4-9(11)12-13/h3-4,6H,1,5H2,2H3,(H2,11,12)/b8-3+. The molecule has 0 saturated carbocycles. The lowest BCUT2D eigenvalue weighted by molar-refractivity contribution is 0.561. The molecule has 0 aliphatic carbocycles. The molecule has 0 fully saturated rings. The van der Waals surface area contributed by atoms with E-state index >= 15 is 0 Å². The Morgan fingerprint density at radius 1 is 1.85 bits per heavy atom. The molecule has 0 aliphatic rings. The van der Waals surface area contributed by atoms with Crippen LogP contribution in [0.1, 0.15) is 6.92 Å². The van der Waals surface area contributed by atoms with Gasteiger partial charge in [-0.25, -0.2) is 9.07 Å². The van der Waals surface area contributed by atoms with Gasteiger partial charge in [-0.1, -0.05) is 6.58 Å². The van der Waals surface area contributed by atoms with E-state index in [9.17, 15) is 4.39 Å². The molecule has 2 N–H and O–H groups in total. The summed E-state index contributed by atoms with van der Waals surface area (Å²) in [5.41, 5.74) is 6.82. The van der Waals surface area contributed by atoms with Crippen LogP contribution in [0.15, 0.2) is 30.5 Å². The van der Waals surface area contributed by atoms with Crippen LogP contribution in [0.25, 0.3) is 5.70 Å². The summed E-state index contributed by atoms with van der Waals surface area (Å²) in [6.45, 7) is 4.97. The number of anilines is 1. The summed E-state index contributed by atoms with van der Waals surface area (Å²) in [5, 5.41) is 3.95. The van der Waals surface area contributed by atoms with Gasteiger partial charge in [0, 0.05) is 12.3 Å². The van der Waals surface area contributed by atoms with Crippen molar-refractivity contribution in [1.29, 1.82) is 0 Å². The maximum atomic E-state index is 12.1. The van der Waals surface area contributed by atoms with Crippen molar-refractivity contribution in [3.05, 3.63) is 30.5 Å². The molecule has 1 aromatic rings. The Balaban J connectivity index is 3.02. The summed E-state index contributed by atoms with van der Waals surface area (Å²) < 4.78 is 13.6. The summed E-state index contributed by atoms with van der Waals surface area (Å²) in [5.74, 6) is 0.408. The third-order valence-electron chi connectivity index (χ3n) is 1.56. The van der Waals surface area contributed by atoms with Crippen LogP contribution in [0.4, 0.5) is 10.2 Å². The number of nitrogen functional groups attached to an aromatic ring is 1. The highest BCUT2D eigenvalue weighted by Crippen LogP contribution is 2.13. The van der Waals surface area contributed by atoms with Gasteiger partial charge in [0.1, 0.15) is 12.5 Å². The zero-order valence-corrected chi connectivity index (χ0v) is 7.50. The van der Waals surface area contributed by atoms with Crippen LogP contribution in [0.2, 0.25) is 0 Å². The van der Waals surface area contributed by atoms with E-state index in [2.05, 4.69) is 11.7 Å². The van der Waals surface area contributed by atoms with Gasteiger partial charge in [-0.3, -0.25) is 0 Å². The number of allylic oxidation sites excluding steroid dienone is 3. The molecule has 0 aromatic carbocycles. The van der Waals surface area contributed by atoms with Crippen LogP contribution in [0.5, 0.6) is 0 Å². The molecule has 0 bridgehead atoms. The fraction of sp³-hybridized carbons (Fsp3) is 0.222. The normalized spacial score (nSPS) is 11.7. The van der Waals surface area contributed by atoms with Gasteiger partial charge < -0.3 is 5.73 Å². The summed E-state index contributed by atoms with van der Waals surface area (Å²) in [6, 6.07) is 1.65. The predicted molar refractivity (Wildman–Crippen MR) is 51.7 cm³/mol. The quantitative estimate of drug-likeness (QED) is 0.723. The molecule has 70 valence electrons. The van der Waals surface area contributed by atoms with Crippen LogP contribution >= 0.6 is 0 Å². The van der Waals surface area contributed by atoms with E-state index in [1.807, 2.05) is 0 Å². The number of alkyl halides is 1. The monoisotopic (exact) mass is 181 g/mol. The van der Waals surface area contributed by atoms with E-state index in [1.165, 1.54) is 10.8 Å². The van der Waals surface area contributed by atoms with E-state index in [4.69, 9.17) is 5.73 Å². The maximum absolute atomic E-state index is 12.1. The number of rotatable bonds is 3. The van der Waals surface area contributed by atoms with Gasteiger partial charge in [0.15, 0.2) is 0 Å². The van der Waals surface area contributed by atoms with E-state index in [0.717, 1.165) is 5.57 Å². The summed E-state index contributed by atoms with van der Waals surface area (Å²) in [7, 11) is 0. The molecule has 0 spiro atoms. The molecule has 4 heteroatoms. The molecule has 0 atom stereocenters. The maximum Gasteiger partial charge on any atom is 0.145 e. The second-order valence-corrected chi connectivity index (χ2v) is 2.71. The van der Waals surface area contributed by atoms with Gasteiger partial charge in [-0.05, 0) is 18.6 Å². The number of nitrogens with zero attached hydrogens (tertiary/aromatic N) is 2. The van der Waals surface area contributed by atoms with Crippen LogP contribution in [-0.2, 0) is 0 Å². The lowest BCUT2D eigenvalue weighted by atomic mass is 10.2. The minimum Gasteiger partial charge on any atom is -0.382 e. The van der Waals surface area contributed by atoms with Crippen LogP contribution in [0, 0.1) is 0 Å². The largest absolute Gasteiger partial charge is 0.382 e. The average Bonchev–Trinajstić information content (AvgIpc) is 2.46. The Labute approximate surface area is 76.4 Å². The highest BCUT2D eigenvalue weighted by atomic mass is 19.1. The Morgan fingerprint density at radius 2 is 2.54 bits per heavy atom. The lowest BCUT2D eigenvalue weighted by Gasteiger charge is -2.05. The van der Waals surface area contributed by atoms with Crippen molar-refractivity contribution < 1.29 is 4.39 Å². The highest BCUT2D eigenvalue weighted by molar-refractivity contribution is 5.62. The van der Waals surface area contributed by atoms with Crippen molar-refractivity contribution in [1.82, 2.24) is 9.78 Å². The van der Waals surface area contributed by atoms with E-state index in [0.29, 0.717) is 11.5 Å². The van der Waals surface area contributed by atoms with Gasteiger partial charge in [0.25, 0.3) is 0 Å². The number of hydrogen-bond acceptors (Lipinski definition) is 2. The van der Waals surface area contributed by atoms with Crippen LogP contribution in [-0.4, -0.2) is 16.5 Å². The lowest BCUT2D eigenvalue weighted by Crippen LogP contribution is -2.00. The molecule has 1 heterocycles. The fourth-order valence-corrected chi connectivity index (χ4v) is 1.01. The van der Waals surface area contributed by atoms with Gasteiger partial charge >= 0.3 is 0 Å². The molecule has 13 heavy (non-hydrogen) atoms. The average molecular weight is 181 g/mol. The molecular formula is C9H12FN3. The third-order valence-corrected chi connectivity index (χ3v) is 1.56. The first kappa shape index (κ1) is 9.51. The summed E-state index contributed by atoms with van der Waals surface area (Å²) in [4.78, 5) is 0. The molecule has 0 saturated heterocycles. The first-order valence-corrected chi connectivity index (χ1v) is 3.88. The number of aromatic nitrogens is 2. The van der Waals surface area contributed by atoms with Crippen molar-refractivity contribution in [2.45, 2.75) is 6.92 Å². The fourth-order valence-electron chi connectivity index (χ4n) is 1.01. The second-order valence-electron chi connectivity index (χ2n) is 2.71. The molecule has 0 aliphatic heterocycles. The van der Waals surface area contributed by atoms with Crippen molar-refractivity contribution in [2.75, 3.05) is 12.4 Å². The first-order chi connectivity index (χ1) is 6.15. The number of nitrogens with two attached hydrogens (primary N) is 1. The van der Waals surface area contributed by atoms with Crippen molar-refractivity contribution in [2.24, 2.45) is 0 Å².